The molecule has 0 saturated carbocycles. The first kappa shape index (κ1) is 19.2. The van der Waals surface area contributed by atoms with Gasteiger partial charge in [0, 0.05) is 12.2 Å². The van der Waals surface area contributed by atoms with Gasteiger partial charge < -0.3 is 19.8 Å². The van der Waals surface area contributed by atoms with Crippen molar-refractivity contribution >= 4 is 28.6 Å². The van der Waals surface area contributed by atoms with Gasteiger partial charge in [0.1, 0.15) is 5.75 Å². The van der Waals surface area contributed by atoms with Gasteiger partial charge in [-0.1, -0.05) is 19.1 Å². The Kier molecular flexibility index (Phi) is 6.16. The Labute approximate surface area is 151 Å². The molecule has 2 rings (SSSR count). The second-order valence-corrected chi connectivity index (χ2v) is 5.61. The van der Waals surface area contributed by atoms with Gasteiger partial charge in [0.15, 0.2) is 6.61 Å². The topological polar surface area (TPSA) is 101 Å². The minimum Gasteiger partial charge on any atom is -0.481 e. The van der Waals surface area contributed by atoms with Crippen LogP contribution in [-0.2, 0) is 27.3 Å². The fourth-order valence-corrected chi connectivity index (χ4v) is 2.95. The lowest BCUT2D eigenvalue weighted by Gasteiger charge is -2.09. The molecule has 2 N–H and O–H groups in total. The van der Waals surface area contributed by atoms with Crippen molar-refractivity contribution < 1.29 is 23.9 Å². The molecule has 0 fully saturated rings. The van der Waals surface area contributed by atoms with Gasteiger partial charge in [-0.25, -0.2) is 4.79 Å². The number of fused-ring (bicyclic) bond motifs is 1. The zero-order valence-electron chi connectivity index (χ0n) is 14.9. The maximum Gasteiger partial charge on any atom is 0.343 e. The molecule has 0 spiro atoms. The molecule has 1 aromatic carbocycles. The summed E-state index contributed by atoms with van der Waals surface area (Å²) in [4.78, 5) is 35.5. The van der Waals surface area contributed by atoms with Gasteiger partial charge in [-0.3, -0.25) is 9.59 Å². The standard InChI is InChI=1S/C19H22N2O5/c1-4-6-10-21-12(5-2)17(18(23)19(20)24)16-13(21)8-7-9-14(16)26-11-15(22)25-3/h4,7-9H,1,5-6,10-11H2,2-3H3,(H2,20,24). The van der Waals surface area contributed by atoms with Crippen molar-refractivity contribution in [2.75, 3.05) is 13.7 Å². The predicted molar refractivity (Wildman–Crippen MR) is 97.2 cm³/mol. The van der Waals surface area contributed by atoms with E-state index in [-0.39, 0.29) is 12.2 Å². The van der Waals surface area contributed by atoms with Crippen LogP contribution in [0, 0.1) is 0 Å². The lowest BCUT2D eigenvalue weighted by molar-refractivity contribution is -0.142. The van der Waals surface area contributed by atoms with Crippen LogP contribution >= 0.6 is 0 Å². The minimum atomic E-state index is -1.04. The van der Waals surface area contributed by atoms with Crippen molar-refractivity contribution in [2.45, 2.75) is 26.3 Å². The molecule has 0 aliphatic carbocycles. The predicted octanol–water partition coefficient (Wildman–Crippen LogP) is 2.00. The molecular formula is C19H22N2O5. The number of hydrogen-bond acceptors (Lipinski definition) is 5. The maximum absolute atomic E-state index is 12.5. The summed E-state index contributed by atoms with van der Waals surface area (Å²) < 4.78 is 12.1. The summed E-state index contributed by atoms with van der Waals surface area (Å²) in [6.45, 7) is 5.91. The molecule has 1 aromatic heterocycles. The van der Waals surface area contributed by atoms with E-state index in [1.165, 1.54) is 7.11 Å². The van der Waals surface area contributed by atoms with Crippen molar-refractivity contribution in [1.29, 1.82) is 0 Å². The summed E-state index contributed by atoms with van der Waals surface area (Å²) in [5.41, 5.74) is 6.91. The second-order valence-electron chi connectivity index (χ2n) is 5.61. The van der Waals surface area contributed by atoms with Gasteiger partial charge in [-0.2, -0.15) is 0 Å². The van der Waals surface area contributed by atoms with Crippen LogP contribution in [0.3, 0.4) is 0 Å². The van der Waals surface area contributed by atoms with Gasteiger partial charge in [0.2, 0.25) is 0 Å². The zero-order chi connectivity index (χ0) is 19.3. The second kappa shape index (κ2) is 8.33. The Morgan fingerprint density at radius 2 is 2.04 bits per heavy atom. The van der Waals surface area contributed by atoms with Crippen molar-refractivity contribution in [3.63, 3.8) is 0 Å². The number of esters is 1. The van der Waals surface area contributed by atoms with Crippen LogP contribution < -0.4 is 10.5 Å². The number of Topliss-reactive ketones (excluding diaryl/α,β-unsaturated/α-hetero) is 1. The first-order valence-corrected chi connectivity index (χ1v) is 8.24. The molecule has 7 heteroatoms. The van der Waals surface area contributed by atoms with Crippen LogP contribution in [0.2, 0.25) is 0 Å². The lowest BCUT2D eigenvalue weighted by atomic mass is 10.0. The molecule has 0 bridgehead atoms. The highest BCUT2D eigenvalue weighted by Crippen LogP contribution is 2.35. The molecular weight excluding hydrogens is 336 g/mol. The van der Waals surface area contributed by atoms with Crippen LogP contribution in [0.15, 0.2) is 30.9 Å². The number of carbonyl (C=O) groups excluding carboxylic acids is 3. The molecule has 26 heavy (non-hydrogen) atoms. The van der Waals surface area contributed by atoms with Crippen LogP contribution in [0.1, 0.15) is 29.4 Å². The first-order valence-electron chi connectivity index (χ1n) is 8.24. The number of benzene rings is 1. The Morgan fingerprint density at radius 3 is 2.62 bits per heavy atom. The number of primary amides is 1. The fourth-order valence-electron chi connectivity index (χ4n) is 2.95. The van der Waals surface area contributed by atoms with Gasteiger partial charge >= 0.3 is 5.97 Å². The fraction of sp³-hybridized carbons (Fsp3) is 0.316. The third-order valence-electron chi connectivity index (χ3n) is 4.08. The van der Waals surface area contributed by atoms with E-state index >= 15 is 0 Å². The molecule has 1 heterocycles. The molecule has 0 saturated heterocycles. The number of nitrogens with zero attached hydrogens (tertiary/aromatic N) is 1. The molecule has 138 valence electrons. The Bertz CT molecular complexity index is 866. The quantitative estimate of drug-likeness (QED) is 0.320. The zero-order valence-corrected chi connectivity index (χ0v) is 14.9. The molecule has 2 aromatic rings. The normalized spacial score (nSPS) is 10.5. The van der Waals surface area contributed by atoms with Gasteiger partial charge in [-0.05, 0) is 25.0 Å². The third kappa shape index (κ3) is 3.61. The number of allylic oxidation sites excluding steroid dienone is 1. The number of aryl methyl sites for hydroxylation is 1. The summed E-state index contributed by atoms with van der Waals surface area (Å²) in [5.74, 6) is -2.04. The number of aromatic nitrogens is 1. The molecule has 7 nitrogen and oxygen atoms in total. The Hall–Kier alpha value is -3.09. The summed E-state index contributed by atoms with van der Waals surface area (Å²) in [6.07, 6.45) is 2.99. The lowest BCUT2D eigenvalue weighted by Crippen LogP contribution is -2.24. The Balaban J connectivity index is 2.73. The van der Waals surface area contributed by atoms with Crippen molar-refractivity contribution in [1.82, 2.24) is 4.57 Å². The molecule has 0 unspecified atom stereocenters. The van der Waals surface area contributed by atoms with Crippen LogP contribution in [0.5, 0.6) is 5.75 Å². The molecule has 1 amide bonds. The van der Waals surface area contributed by atoms with E-state index in [2.05, 4.69) is 11.3 Å². The Morgan fingerprint density at radius 1 is 1.31 bits per heavy atom. The highest BCUT2D eigenvalue weighted by atomic mass is 16.6. The summed E-state index contributed by atoms with van der Waals surface area (Å²) in [5, 5.41) is 0.473. The van der Waals surface area contributed by atoms with Crippen molar-refractivity contribution in [2.24, 2.45) is 5.73 Å². The number of rotatable bonds is 9. The SMILES string of the molecule is C=CCCn1c(CC)c(C(=O)C(N)=O)c2c(OCC(=O)OC)cccc21. The largest absolute Gasteiger partial charge is 0.481 e. The van der Waals surface area contributed by atoms with Crippen molar-refractivity contribution in [3.8, 4) is 5.75 Å². The molecule has 0 aliphatic rings. The molecule has 0 radical (unpaired) electrons. The van der Waals surface area contributed by atoms with E-state index in [1.807, 2.05) is 17.6 Å². The average Bonchev–Trinajstić information content (AvgIpc) is 2.97. The van der Waals surface area contributed by atoms with Gasteiger partial charge in [-0.15, -0.1) is 6.58 Å². The number of ketones is 1. The summed E-state index contributed by atoms with van der Waals surface area (Å²) in [7, 11) is 1.26. The highest BCUT2D eigenvalue weighted by Gasteiger charge is 2.27. The number of amides is 1. The minimum absolute atomic E-state index is 0.222. The van der Waals surface area contributed by atoms with Crippen molar-refractivity contribution in [3.05, 3.63) is 42.1 Å². The average molecular weight is 358 g/mol. The number of hydrogen-bond donors (Lipinski definition) is 1. The number of methoxy groups -OCH3 is 1. The van der Waals surface area contributed by atoms with E-state index in [4.69, 9.17) is 10.5 Å². The van der Waals surface area contributed by atoms with E-state index < -0.39 is 17.7 Å². The van der Waals surface area contributed by atoms with Crippen LogP contribution in [0.4, 0.5) is 0 Å². The number of carbonyl (C=O) groups is 3. The van der Waals surface area contributed by atoms with E-state index in [1.54, 1.807) is 18.2 Å². The van der Waals surface area contributed by atoms with E-state index in [9.17, 15) is 14.4 Å². The summed E-state index contributed by atoms with van der Waals surface area (Å²) >= 11 is 0. The smallest absolute Gasteiger partial charge is 0.343 e. The van der Waals surface area contributed by atoms with E-state index in [0.29, 0.717) is 36.2 Å². The number of nitrogens with two attached hydrogens (primary N) is 1. The monoisotopic (exact) mass is 358 g/mol. The van der Waals surface area contributed by atoms with Gasteiger partial charge in [0.25, 0.3) is 11.7 Å². The molecule has 0 atom stereocenters. The van der Waals surface area contributed by atoms with Crippen LogP contribution in [0.25, 0.3) is 10.9 Å². The molecule has 0 aliphatic heterocycles. The van der Waals surface area contributed by atoms with Crippen LogP contribution in [-0.4, -0.2) is 35.9 Å². The van der Waals surface area contributed by atoms with E-state index in [0.717, 1.165) is 5.52 Å². The third-order valence-corrected chi connectivity index (χ3v) is 4.08. The first-order chi connectivity index (χ1) is 12.5. The number of ether oxygens (including phenoxy) is 2. The van der Waals surface area contributed by atoms with Gasteiger partial charge in [0.05, 0.1) is 23.6 Å². The maximum atomic E-state index is 12.5. The highest BCUT2D eigenvalue weighted by molar-refractivity contribution is 6.45. The summed E-state index contributed by atoms with van der Waals surface area (Å²) in [6, 6.07) is 5.23.